The van der Waals surface area contributed by atoms with Crippen molar-refractivity contribution < 1.29 is 14.6 Å². The maximum absolute atomic E-state index is 10.3. The fourth-order valence-corrected chi connectivity index (χ4v) is 1.82. The normalized spacial score (nSPS) is 11.2. The van der Waals surface area contributed by atoms with Crippen LogP contribution < -0.4 is 4.74 Å². The second-order valence-electron chi connectivity index (χ2n) is 3.85. The lowest BCUT2D eigenvalue weighted by molar-refractivity contribution is -0.128. The minimum atomic E-state index is -1.02. The molecule has 0 unspecified atom stereocenters. The van der Waals surface area contributed by atoms with Crippen molar-refractivity contribution in [1.29, 1.82) is 0 Å². The number of carbonyl (C=O) groups is 1. The quantitative estimate of drug-likeness (QED) is 0.791. The van der Waals surface area contributed by atoms with Crippen molar-refractivity contribution in [3.63, 3.8) is 0 Å². The summed E-state index contributed by atoms with van der Waals surface area (Å²) in [7, 11) is 1.63. The van der Waals surface area contributed by atoms with Gasteiger partial charge in [-0.05, 0) is 30.2 Å². The van der Waals surface area contributed by atoms with Crippen LogP contribution in [0.15, 0.2) is 29.4 Å². The fourth-order valence-electron chi connectivity index (χ4n) is 1.82. The van der Waals surface area contributed by atoms with Gasteiger partial charge in [-0.2, -0.15) is 0 Å². The van der Waals surface area contributed by atoms with E-state index >= 15 is 0 Å². The van der Waals surface area contributed by atoms with Crippen molar-refractivity contribution in [2.45, 2.75) is 6.42 Å². The van der Waals surface area contributed by atoms with E-state index in [4.69, 9.17) is 9.84 Å². The van der Waals surface area contributed by atoms with Crippen molar-refractivity contribution in [2.75, 3.05) is 13.7 Å². The second kappa shape index (κ2) is 5.35. The highest BCUT2D eigenvalue weighted by Gasteiger charge is 2.04. The van der Waals surface area contributed by atoms with Gasteiger partial charge in [0, 0.05) is 23.6 Å². The maximum Gasteiger partial charge on any atom is 0.346 e. The number of nitrogens with zero attached hydrogens (tertiary/aromatic N) is 1. The van der Waals surface area contributed by atoms with Gasteiger partial charge in [-0.25, -0.2) is 4.79 Å². The Morgan fingerprint density at radius 3 is 3.11 bits per heavy atom. The summed E-state index contributed by atoms with van der Waals surface area (Å²) in [6.07, 6.45) is 3.53. The van der Waals surface area contributed by atoms with Gasteiger partial charge in [0.25, 0.3) is 0 Å². The minimum Gasteiger partial charge on any atom is -0.497 e. The lowest BCUT2D eigenvalue weighted by atomic mass is 10.1. The summed E-state index contributed by atoms with van der Waals surface area (Å²) in [5.74, 6) is -0.215. The van der Waals surface area contributed by atoms with Crippen LogP contribution in [0.2, 0.25) is 0 Å². The van der Waals surface area contributed by atoms with Crippen LogP contribution in [0.25, 0.3) is 10.9 Å². The summed E-state index contributed by atoms with van der Waals surface area (Å²) >= 11 is 0. The first-order valence-corrected chi connectivity index (χ1v) is 5.57. The summed E-state index contributed by atoms with van der Waals surface area (Å²) in [5.41, 5.74) is 2.14. The Labute approximate surface area is 104 Å². The van der Waals surface area contributed by atoms with Gasteiger partial charge in [-0.1, -0.05) is 0 Å². The molecule has 1 aromatic heterocycles. The number of ether oxygens (including phenoxy) is 1. The van der Waals surface area contributed by atoms with Crippen LogP contribution >= 0.6 is 0 Å². The van der Waals surface area contributed by atoms with Gasteiger partial charge in [0.1, 0.15) is 12.0 Å². The number of rotatable bonds is 5. The van der Waals surface area contributed by atoms with Crippen LogP contribution in [0, 0.1) is 0 Å². The Morgan fingerprint density at radius 2 is 2.39 bits per heavy atom. The molecule has 18 heavy (non-hydrogen) atoms. The van der Waals surface area contributed by atoms with E-state index in [1.165, 1.54) is 0 Å². The Balaban J connectivity index is 2.15. The number of methoxy groups -OCH3 is 1. The fraction of sp³-hybridized carbons (Fsp3) is 0.231. The number of nitrogens with one attached hydrogen (secondary N) is 1. The predicted octanol–water partition coefficient (Wildman–Crippen LogP) is 1.87. The van der Waals surface area contributed by atoms with Crippen molar-refractivity contribution in [2.24, 2.45) is 4.99 Å². The van der Waals surface area contributed by atoms with Gasteiger partial charge in [0.2, 0.25) is 0 Å². The lowest BCUT2D eigenvalue weighted by Crippen LogP contribution is -1.97. The Hall–Kier alpha value is -2.30. The summed E-state index contributed by atoms with van der Waals surface area (Å²) in [4.78, 5) is 17.3. The minimum absolute atomic E-state index is 0.455. The van der Waals surface area contributed by atoms with E-state index in [2.05, 4.69) is 9.98 Å². The number of benzene rings is 1. The molecular weight excluding hydrogens is 232 g/mol. The third kappa shape index (κ3) is 2.68. The molecular formula is C13H14N2O3. The van der Waals surface area contributed by atoms with Crippen LogP contribution in [0.4, 0.5) is 0 Å². The first-order chi connectivity index (χ1) is 8.70. The largest absolute Gasteiger partial charge is 0.497 e. The molecule has 94 valence electrons. The first kappa shape index (κ1) is 12.2. The molecule has 0 saturated carbocycles. The van der Waals surface area contributed by atoms with Crippen LogP contribution in [0.5, 0.6) is 5.75 Å². The zero-order chi connectivity index (χ0) is 13.0. The number of carboxylic acid groups (broad SMARTS) is 1. The van der Waals surface area contributed by atoms with E-state index in [0.29, 0.717) is 13.0 Å². The first-order valence-electron chi connectivity index (χ1n) is 5.57. The molecule has 0 saturated heterocycles. The molecule has 0 aliphatic heterocycles. The average Bonchev–Trinajstić information content (AvgIpc) is 2.76. The number of aromatic amines is 1. The summed E-state index contributed by atoms with van der Waals surface area (Å²) in [6.45, 7) is 0.455. The number of hydrogen-bond acceptors (Lipinski definition) is 3. The highest BCUT2D eigenvalue weighted by atomic mass is 16.5. The van der Waals surface area contributed by atoms with Gasteiger partial charge in [-0.15, -0.1) is 0 Å². The number of H-pyrrole nitrogens is 1. The molecule has 2 rings (SSSR count). The topological polar surface area (TPSA) is 74.7 Å². The van der Waals surface area contributed by atoms with Gasteiger partial charge in [-0.3, -0.25) is 4.99 Å². The molecule has 0 atom stereocenters. The van der Waals surface area contributed by atoms with E-state index in [1.54, 1.807) is 7.11 Å². The smallest absolute Gasteiger partial charge is 0.346 e. The Bertz CT molecular complexity index is 587. The van der Waals surface area contributed by atoms with Crippen LogP contribution in [-0.2, 0) is 11.2 Å². The zero-order valence-electron chi connectivity index (χ0n) is 10.0. The zero-order valence-corrected chi connectivity index (χ0v) is 10.0. The Kier molecular flexibility index (Phi) is 3.62. The number of aliphatic imine (C=N–C) groups is 1. The van der Waals surface area contributed by atoms with Gasteiger partial charge < -0.3 is 14.8 Å². The molecule has 2 aromatic rings. The molecule has 5 nitrogen and oxygen atoms in total. The van der Waals surface area contributed by atoms with Crippen molar-refractivity contribution in [1.82, 2.24) is 4.98 Å². The standard InChI is InChI=1S/C13H14N2O3/c1-18-10-2-3-12-11(6-10)9(7-15-12)4-5-14-8-13(16)17/h2-3,6-8,15H,4-5H2,1H3,(H,16,17). The van der Waals surface area contributed by atoms with Crippen molar-refractivity contribution in [3.8, 4) is 5.75 Å². The van der Waals surface area contributed by atoms with Crippen molar-refractivity contribution in [3.05, 3.63) is 30.0 Å². The summed E-state index contributed by atoms with van der Waals surface area (Å²) < 4.78 is 5.18. The van der Waals surface area contributed by atoms with E-state index in [0.717, 1.165) is 28.4 Å². The second-order valence-corrected chi connectivity index (χ2v) is 3.85. The molecule has 0 amide bonds. The van der Waals surface area contributed by atoms with E-state index < -0.39 is 5.97 Å². The molecule has 0 radical (unpaired) electrons. The number of fused-ring (bicyclic) bond motifs is 1. The molecule has 0 aliphatic rings. The molecule has 2 N–H and O–H groups in total. The molecule has 0 aliphatic carbocycles. The number of aliphatic carboxylic acids is 1. The summed E-state index contributed by atoms with van der Waals surface area (Å²) in [5, 5.41) is 9.52. The molecule has 0 spiro atoms. The Morgan fingerprint density at radius 1 is 1.56 bits per heavy atom. The number of aromatic nitrogens is 1. The van der Waals surface area contributed by atoms with Crippen molar-refractivity contribution >= 4 is 23.1 Å². The SMILES string of the molecule is COc1ccc2[nH]cc(CCN=CC(=O)O)c2c1. The van der Waals surface area contributed by atoms with Crippen LogP contribution in [-0.4, -0.2) is 35.9 Å². The van der Waals surface area contributed by atoms with E-state index in [9.17, 15) is 4.79 Å². The monoisotopic (exact) mass is 246 g/mol. The van der Waals surface area contributed by atoms with Gasteiger partial charge in [0.15, 0.2) is 0 Å². The predicted molar refractivity (Wildman–Crippen MR) is 69.5 cm³/mol. The van der Waals surface area contributed by atoms with Crippen LogP contribution in [0.3, 0.4) is 0 Å². The van der Waals surface area contributed by atoms with Gasteiger partial charge >= 0.3 is 5.97 Å². The van der Waals surface area contributed by atoms with E-state index in [1.807, 2.05) is 24.4 Å². The number of hydrogen-bond donors (Lipinski definition) is 2. The third-order valence-corrected chi connectivity index (χ3v) is 2.69. The highest BCUT2D eigenvalue weighted by molar-refractivity contribution is 6.21. The van der Waals surface area contributed by atoms with E-state index in [-0.39, 0.29) is 0 Å². The number of carboxylic acids is 1. The molecule has 0 fully saturated rings. The third-order valence-electron chi connectivity index (χ3n) is 2.69. The molecule has 0 bridgehead atoms. The molecule has 5 heteroatoms. The van der Waals surface area contributed by atoms with Crippen LogP contribution in [0.1, 0.15) is 5.56 Å². The molecule has 1 heterocycles. The van der Waals surface area contributed by atoms with Gasteiger partial charge in [0.05, 0.1) is 7.11 Å². The highest BCUT2D eigenvalue weighted by Crippen LogP contribution is 2.23. The summed E-state index contributed by atoms with van der Waals surface area (Å²) in [6, 6.07) is 5.81. The lowest BCUT2D eigenvalue weighted by Gasteiger charge is -2.00. The maximum atomic E-state index is 10.3. The molecule has 1 aromatic carbocycles. The average molecular weight is 246 g/mol.